The van der Waals surface area contributed by atoms with Crippen molar-refractivity contribution in [2.45, 2.75) is 6.61 Å². The first kappa shape index (κ1) is 20.3. The van der Waals surface area contributed by atoms with E-state index in [0.717, 1.165) is 11.3 Å². The standard InChI is InChI=1S/C25H22O6/c1-27-18-7-4-16(5-8-18)14-30-19-9-10-20-23(13-19)31-15-21(25(20)26)17-6-11-22(28-2)24(12-17)29-3/h4-13,15H,14H2,1-3H3. The van der Waals surface area contributed by atoms with E-state index < -0.39 is 0 Å². The zero-order valence-corrected chi connectivity index (χ0v) is 17.5. The van der Waals surface area contributed by atoms with Gasteiger partial charge in [0, 0.05) is 6.07 Å². The first-order valence-corrected chi connectivity index (χ1v) is 9.66. The van der Waals surface area contributed by atoms with Gasteiger partial charge in [0.1, 0.15) is 30.0 Å². The van der Waals surface area contributed by atoms with Crippen LogP contribution in [0.15, 0.2) is 76.1 Å². The van der Waals surface area contributed by atoms with Gasteiger partial charge < -0.3 is 23.4 Å². The van der Waals surface area contributed by atoms with Crippen molar-refractivity contribution in [1.82, 2.24) is 0 Å². The lowest BCUT2D eigenvalue weighted by Crippen LogP contribution is -2.05. The Balaban J connectivity index is 1.60. The van der Waals surface area contributed by atoms with Gasteiger partial charge in [-0.2, -0.15) is 0 Å². The summed E-state index contributed by atoms with van der Waals surface area (Å²) in [6.07, 6.45) is 1.46. The average molecular weight is 418 g/mol. The van der Waals surface area contributed by atoms with Crippen molar-refractivity contribution < 1.29 is 23.4 Å². The molecule has 0 saturated carbocycles. The lowest BCUT2D eigenvalue weighted by molar-refractivity contribution is 0.306. The highest BCUT2D eigenvalue weighted by atomic mass is 16.5. The first-order chi connectivity index (χ1) is 15.1. The van der Waals surface area contributed by atoms with Crippen LogP contribution in [0.5, 0.6) is 23.0 Å². The molecule has 0 aliphatic carbocycles. The van der Waals surface area contributed by atoms with Crippen molar-refractivity contribution in [1.29, 1.82) is 0 Å². The largest absolute Gasteiger partial charge is 0.497 e. The number of rotatable bonds is 7. The maximum Gasteiger partial charge on any atom is 0.200 e. The van der Waals surface area contributed by atoms with Crippen LogP contribution in [0.3, 0.4) is 0 Å². The van der Waals surface area contributed by atoms with Crippen LogP contribution >= 0.6 is 0 Å². The predicted molar refractivity (Wildman–Crippen MR) is 118 cm³/mol. The van der Waals surface area contributed by atoms with E-state index in [9.17, 15) is 4.79 Å². The van der Waals surface area contributed by atoms with Crippen LogP contribution in [-0.2, 0) is 6.61 Å². The molecule has 0 unspecified atom stereocenters. The second kappa shape index (κ2) is 8.83. The molecule has 158 valence electrons. The van der Waals surface area contributed by atoms with Crippen molar-refractivity contribution in [2.24, 2.45) is 0 Å². The van der Waals surface area contributed by atoms with Gasteiger partial charge in [0.2, 0.25) is 0 Å². The SMILES string of the molecule is COc1ccc(COc2ccc3c(=O)c(-c4ccc(OC)c(OC)c4)coc3c2)cc1. The summed E-state index contributed by atoms with van der Waals surface area (Å²) in [6, 6.07) is 18.2. The number of hydrogen-bond donors (Lipinski definition) is 0. The Kier molecular flexibility index (Phi) is 5.80. The average Bonchev–Trinajstić information content (AvgIpc) is 2.82. The number of benzene rings is 3. The Bertz CT molecular complexity index is 1260. The molecule has 0 spiro atoms. The number of hydrogen-bond acceptors (Lipinski definition) is 6. The van der Waals surface area contributed by atoms with E-state index >= 15 is 0 Å². The fourth-order valence-corrected chi connectivity index (χ4v) is 3.29. The summed E-state index contributed by atoms with van der Waals surface area (Å²) in [5.41, 5.74) is 2.47. The van der Waals surface area contributed by atoms with Crippen molar-refractivity contribution in [3.8, 4) is 34.1 Å². The highest BCUT2D eigenvalue weighted by Gasteiger charge is 2.13. The number of methoxy groups -OCH3 is 3. The van der Waals surface area contributed by atoms with Crippen LogP contribution in [0, 0.1) is 0 Å². The Morgan fingerprint density at radius 2 is 1.52 bits per heavy atom. The molecule has 6 heteroatoms. The highest BCUT2D eigenvalue weighted by Crippen LogP contribution is 2.32. The lowest BCUT2D eigenvalue weighted by atomic mass is 10.0. The van der Waals surface area contributed by atoms with Crippen LogP contribution in [0.2, 0.25) is 0 Å². The summed E-state index contributed by atoms with van der Waals surface area (Å²) < 4.78 is 27.4. The fraction of sp³-hybridized carbons (Fsp3) is 0.160. The molecule has 1 aromatic heterocycles. The third-order valence-electron chi connectivity index (χ3n) is 5.01. The quantitative estimate of drug-likeness (QED) is 0.418. The van der Waals surface area contributed by atoms with E-state index in [4.69, 9.17) is 23.4 Å². The zero-order valence-electron chi connectivity index (χ0n) is 17.5. The summed E-state index contributed by atoms with van der Waals surface area (Å²) in [6.45, 7) is 0.392. The van der Waals surface area contributed by atoms with Gasteiger partial charge in [-0.05, 0) is 47.5 Å². The molecule has 31 heavy (non-hydrogen) atoms. The van der Waals surface area contributed by atoms with Crippen molar-refractivity contribution in [3.63, 3.8) is 0 Å². The molecule has 0 saturated heterocycles. The fourth-order valence-electron chi connectivity index (χ4n) is 3.29. The van der Waals surface area contributed by atoms with E-state index in [1.165, 1.54) is 6.26 Å². The summed E-state index contributed by atoms with van der Waals surface area (Å²) in [5, 5.41) is 0.476. The third-order valence-corrected chi connectivity index (χ3v) is 5.01. The van der Waals surface area contributed by atoms with Crippen molar-refractivity contribution in [3.05, 3.63) is 82.7 Å². The molecule has 0 bridgehead atoms. The number of fused-ring (bicyclic) bond motifs is 1. The van der Waals surface area contributed by atoms with Gasteiger partial charge in [-0.25, -0.2) is 0 Å². The van der Waals surface area contributed by atoms with E-state index in [1.54, 1.807) is 57.7 Å². The molecular formula is C25H22O6. The first-order valence-electron chi connectivity index (χ1n) is 9.66. The molecule has 6 nitrogen and oxygen atoms in total. The second-order valence-electron chi connectivity index (χ2n) is 6.84. The Hall–Kier alpha value is -3.93. The van der Waals surface area contributed by atoms with Gasteiger partial charge in [0.05, 0.1) is 32.3 Å². The maximum atomic E-state index is 13.0. The normalized spacial score (nSPS) is 10.7. The van der Waals surface area contributed by atoms with Gasteiger partial charge in [0.15, 0.2) is 16.9 Å². The molecule has 0 radical (unpaired) electrons. The van der Waals surface area contributed by atoms with Gasteiger partial charge >= 0.3 is 0 Å². The van der Waals surface area contributed by atoms with Crippen molar-refractivity contribution >= 4 is 11.0 Å². The topological polar surface area (TPSA) is 67.1 Å². The molecule has 4 aromatic rings. The van der Waals surface area contributed by atoms with Crippen LogP contribution in [0.4, 0.5) is 0 Å². The molecule has 0 N–H and O–H groups in total. The van der Waals surface area contributed by atoms with Crippen molar-refractivity contribution in [2.75, 3.05) is 21.3 Å². The van der Waals surface area contributed by atoms with Crippen LogP contribution in [0.25, 0.3) is 22.1 Å². The van der Waals surface area contributed by atoms with E-state index in [0.29, 0.717) is 46.0 Å². The minimum atomic E-state index is -0.129. The van der Waals surface area contributed by atoms with Gasteiger partial charge in [-0.15, -0.1) is 0 Å². The molecule has 0 aliphatic rings. The Labute approximate surface area is 179 Å². The van der Waals surface area contributed by atoms with Crippen LogP contribution < -0.4 is 24.4 Å². The Morgan fingerprint density at radius 1 is 0.774 bits per heavy atom. The molecule has 0 atom stereocenters. The van der Waals surface area contributed by atoms with Gasteiger partial charge in [-0.1, -0.05) is 18.2 Å². The summed E-state index contributed by atoms with van der Waals surface area (Å²) >= 11 is 0. The molecule has 1 heterocycles. The van der Waals surface area contributed by atoms with Gasteiger partial charge in [-0.3, -0.25) is 4.79 Å². The summed E-state index contributed by atoms with van der Waals surface area (Å²) in [7, 11) is 4.75. The van der Waals surface area contributed by atoms with E-state index in [-0.39, 0.29) is 5.43 Å². The molecule has 0 aliphatic heterocycles. The monoisotopic (exact) mass is 418 g/mol. The van der Waals surface area contributed by atoms with E-state index in [1.807, 2.05) is 24.3 Å². The van der Waals surface area contributed by atoms with E-state index in [2.05, 4.69) is 0 Å². The molecule has 4 rings (SSSR count). The van der Waals surface area contributed by atoms with Crippen LogP contribution in [0.1, 0.15) is 5.56 Å². The maximum absolute atomic E-state index is 13.0. The Morgan fingerprint density at radius 3 is 2.23 bits per heavy atom. The second-order valence-corrected chi connectivity index (χ2v) is 6.84. The third kappa shape index (κ3) is 4.19. The minimum Gasteiger partial charge on any atom is -0.497 e. The number of ether oxygens (including phenoxy) is 4. The molecule has 0 fully saturated rings. The summed E-state index contributed by atoms with van der Waals surface area (Å²) in [4.78, 5) is 13.0. The minimum absolute atomic E-state index is 0.129. The van der Waals surface area contributed by atoms with Crippen LogP contribution in [-0.4, -0.2) is 21.3 Å². The smallest absolute Gasteiger partial charge is 0.200 e. The predicted octanol–water partition coefficient (Wildman–Crippen LogP) is 5.06. The van der Waals surface area contributed by atoms with Gasteiger partial charge in [0.25, 0.3) is 0 Å². The molecule has 3 aromatic carbocycles. The molecule has 0 amide bonds. The summed E-state index contributed by atoms with van der Waals surface area (Å²) in [5.74, 6) is 2.55. The highest BCUT2D eigenvalue weighted by molar-refractivity contribution is 5.83. The zero-order chi connectivity index (χ0) is 21.8. The molecular weight excluding hydrogens is 396 g/mol. The lowest BCUT2D eigenvalue weighted by Gasteiger charge is -2.10.